The number of ketones is 1. The zero-order valence-corrected chi connectivity index (χ0v) is 13.7. The van der Waals surface area contributed by atoms with Gasteiger partial charge in [-0.2, -0.15) is 0 Å². The molecule has 6 nitrogen and oxygen atoms in total. The summed E-state index contributed by atoms with van der Waals surface area (Å²) in [6.07, 6.45) is 4.14. The summed E-state index contributed by atoms with van der Waals surface area (Å²) < 4.78 is 10.3. The number of hydrogen-bond donors (Lipinski definition) is 1. The van der Waals surface area contributed by atoms with E-state index >= 15 is 0 Å². The lowest BCUT2D eigenvalue weighted by molar-refractivity contribution is -0.155. The van der Waals surface area contributed by atoms with Crippen molar-refractivity contribution in [2.75, 3.05) is 7.11 Å². The number of carbonyl (C=O) groups is 3. The summed E-state index contributed by atoms with van der Waals surface area (Å²) in [6, 6.07) is 6.13. The first-order chi connectivity index (χ1) is 11.5. The van der Waals surface area contributed by atoms with Gasteiger partial charge >= 0.3 is 11.9 Å². The number of carbonyl (C=O) groups excluding carboxylic acids is 2. The van der Waals surface area contributed by atoms with Gasteiger partial charge in [0.25, 0.3) is 0 Å². The van der Waals surface area contributed by atoms with Gasteiger partial charge in [-0.05, 0) is 49.9 Å². The van der Waals surface area contributed by atoms with Crippen LogP contribution in [-0.2, 0) is 14.3 Å². The lowest BCUT2D eigenvalue weighted by Crippen LogP contribution is -2.29. The number of rotatable bonds is 7. The van der Waals surface area contributed by atoms with Crippen molar-refractivity contribution in [1.82, 2.24) is 0 Å². The number of methoxy groups -OCH3 is 1. The monoisotopic (exact) mass is 334 g/mol. The van der Waals surface area contributed by atoms with E-state index in [4.69, 9.17) is 9.47 Å². The second kappa shape index (κ2) is 8.47. The number of aliphatic carboxylic acids is 1. The van der Waals surface area contributed by atoms with Crippen LogP contribution in [0.1, 0.15) is 48.9 Å². The third kappa shape index (κ3) is 4.81. The van der Waals surface area contributed by atoms with Gasteiger partial charge in [0, 0.05) is 5.56 Å². The smallest absolute Gasteiger partial charge is 0.315 e. The lowest BCUT2D eigenvalue weighted by Gasteiger charge is -2.22. The Morgan fingerprint density at radius 2 is 1.75 bits per heavy atom. The largest absolute Gasteiger partial charge is 0.497 e. The minimum Gasteiger partial charge on any atom is -0.497 e. The molecule has 0 bridgehead atoms. The Kier molecular flexibility index (Phi) is 6.35. The summed E-state index contributed by atoms with van der Waals surface area (Å²) in [7, 11) is 1.50. The second-order valence-electron chi connectivity index (χ2n) is 5.94. The van der Waals surface area contributed by atoms with Crippen molar-refractivity contribution in [3.63, 3.8) is 0 Å². The van der Waals surface area contributed by atoms with Crippen LogP contribution in [0.4, 0.5) is 0 Å². The van der Waals surface area contributed by atoms with Crippen LogP contribution in [-0.4, -0.2) is 36.0 Å². The van der Waals surface area contributed by atoms with E-state index in [0.717, 1.165) is 32.1 Å². The molecule has 1 fully saturated rings. The molecular weight excluding hydrogens is 312 g/mol. The number of Topliss-reactive ketones (excluding diaryl/α,β-unsaturated/α-hetero) is 1. The molecule has 0 spiro atoms. The molecule has 0 amide bonds. The predicted molar refractivity (Wildman–Crippen MR) is 86.0 cm³/mol. The second-order valence-corrected chi connectivity index (χ2v) is 5.94. The number of benzene rings is 1. The summed E-state index contributed by atoms with van der Waals surface area (Å²) in [6.45, 7) is 0. The van der Waals surface area contributed by atoms with Gasteiger partial charge < -0.3 is 14.6 Å². The molecule has 0 saturated heterocycles. The molecule has 1 aliphatic carbocycles. The maximum absolute atomic E-state index is 12.4. The van der Waals surface area contributed by atoms with Crippen LogP contribution < -0.4 is 4.74 Å². The Hall–Kier alpha value is -2.37. The zero-order chi connectivity index (χ0) is 17.5. The molecular formula is C18H22O6. The van der Waals surface area contributed by atoms with Crippen molar-refractivity contribution in [3.05, 3.63) is 29.8 Å². The highest BCUT2D eigenvalue weighted by atomic mass is 16.5. The Bertz CT molecular complexity index is 586. The molecule has 1 atom stereocenters. The highest BCUT2D eigenvalue weighted by Gasteiger charge is 2.31. The van der Waals surface area contributed by atoms with Crippen molar-refractivity contribution in [2.24, 2.45) is 5.92 Å². The maximum Gasteiger partial charge on any atom is 0.315 e. The summed E-state index contributed by atoms with van der Waals surface area (Å²) in [5.41, 5.74) is 0.230. The van der Waals surface area contributed by atoms with Crippen molar-refractivity contribution >= 4 is 17.7 Å². The van der Waals surface area contributed by atoms with Crippen LogP contribution in [0.15, 0.2) is 24.3 Å². The van der Waals surface area contributed by atoms with E-state index < -0.39 is 30.1 Å². The van der Waals surface area contributed by atoms with Crippen molar-refractivity contribution in [1.29, 1.82) is 0 Å². The molecule has 0 heterocycles. The SMILES string of the molecule is COc1ccc(C(=O)[C@H](CC(=O)OC2CCCCC2)C(=O)O)cc1. The molecule has 6 heteroatoms. The quantitative estimate of drug-likeness (QED) is 0.468. The highest BCUT2D eigenvalue weighted by Crippen LogP contribution is 2.22. The molecule has 1 aromatic rings. The molecule has 0 aliphatic heterocycles. The van der Waals surface area contributed by atoms with E-state index in [0.29, 0.717) is 5.75 Å². The first-order valence-electron chi connectivity index (χ1n) is 8.12. The van der Waals surface area contributed by atoms with Crippen LogP contribution in [0.2, 0.25) is 0 Å². The molecule has 0 aromatic heterocycles. The fraction of sp³-hybridized carbons (Fsp3) is 0.500. The van der Waals surface area contributed by atoms with Gasteiger partial charge in [-0.1, -0.05) is 6.42 Å². The fourth-order valence-electron chi connectivity index (χ4n) is 2.83. The summed E-state index contributed by atoms with van der Waals surface area (Å²) >= 11 is 0. The van der Waals surface area contributed by atoms with Crippen LogP contribution in [0.5, 0.6) is 5.75 Å². The number of hydrogen-bond acceptors (Lipinski definition) is 5. The van der Waals surface area contributed by atoms with Crippen molar-refractivity contribution in [2.45, 2.75) is 44.6 Å². The standard InChI is InChI=1S/C18H22O6/c1-23-13-9-7-12(8-10-13)17(20)15(18(21)22)11-16(19)24-14-5-3-2-4-6-14/h7-10,14-15H,2-6,11H2,1H3,(H,21,22)/t15-/m0/s1. The first-order valence-corrected chi connectivity index (χ1v) is 8.12. The maximum atomic E-state index is 12.4. The van der Waals surface area contributed by atoms with E-state index in [9.17, 15) is 19.5 Å². The van der Waals surface area contributed by atoms with Gasteiger partial charge in [-0.15, -0.1) is 0 Å². The summed E-state index contributed by atoms with van der Waals surface area (Å²) in [5, 5.41) is 9.31. The average molecular weight is 334 g/mol. The molecule has 0 radical (unpaired) electrons. The topological polar surface area (TPSA) is 89.9 Å². The Balaban J connectivity index is 2.00. The molecule has 24 heavy (non-hydrogen) atoms. The molecule has 1 aromatic carbocycles. The van der Waals surface area contributed by atoms with Crippen LogP contribution in [0.25, 0.3) is 0 Å². The van der Waals surface area contributed by atoms with Gasteiger partial charge in [-0.3, -0.25) is 14.4 Å². The van der Waals surface area contributed by atoms with Gasteiger partial charge in [-0.25, -0.2) is 0 Å². The van der Waals surface area contributed by atoms with E-state index in [-0.39, 0.29) is 11.7 Å². The van der Waals surface area contributed by atoms with E-state index in [1.807, 2.05) is 0 Å². The third-order valence-electron chi connectivity index (χ3n) is 4.21. The minimum atomic E-state index is -1.44. The number of carboxylic acids is 1. The fourth-order valence-corrected chi connectivity index (χ4v) is 2.83. The molecule has 130 valence electrons. The summed E-state index contributed by atoms with van der Waals surface area (Å²) in [4.78, 5) is 35.8. The van der Waals surface area contributed by atoms with Gasteiger partial charge in [0.05, 0.1) is 13.5 Å². The first kappa shape index (κ1) is 18.0. The van der Waals surface area contributed by atoms with E-state index in [2.05, 4.69) is 0 Å². The zero-order valence-electron chi connectivity index (χ0n) is 13.7. The molecule has 0 unspecified atom stereocenters. The van der Waals surface area contributed by atoms with Crippen molar-refractivity contribution in [3.8, 4) is 5.75 Å². The van der Waals surface area contributed by atoms with Crippen LogP contribution >= 0.6 is 0 Å². The molecule has 2 rings (SSSR count). The average Bonchev–Trinajstić information content (AvgIpc) is 2.60. The molecule has 1 aliphatic rings. The Morgan fingerprint density at radius 1 is 1.12 bits per heavy atom. The third-order valence-corrected chi connectivity index (χ3v) is 4.21. The van der Waals surface area contributed by atoms with Crippen molar-refractivity contribution < 1.29 is 29.0 Å². The summed E-state index contributed by atoms with van der Waals surface area (Å²) in [5.74, 6) is -3.43. The number of carboxylic acid groups (broad SMARTS) is 1. The van der Waals surface area contributed by atoms with Gasteiger partial charge in [0.15, 0.2) is 5.78 Å². The lowest BCUT2D eigenvalue weighted by atomic mass is 9.94. The Labute approximate surface area is 140 Å². The molecule has 1 saturated carbocycles. The highest BCUT2D eigenvalue weighted by molar-refractivity contribution is 6.09. The van der Waals surface area contributed by atoms with Gasteiger partial charge in [0.1, 0.15) is 17.8 Å². The number of ether oxygens (including phenoxy) is 2. The normalized spacial score (nSPS) is 16.2. The molecule has 1 N–H and O–H groups in total. The van der Waals surface area contributed by atoms with E-state index in [1.54, 1.807) is 12.1 Å². The Morgan fingerprint density at radius 3 is 2.29 bits per heavy atom. The van der Waals surface area contributed by atoms with Crippen LogP contribution in [0, 0.1) is 5.92 Å². The number of esters is 1. The van der Waals surface area contributed by atoms with E-state index in [1.165, 1.54) is 19.2 Å². The minimum absolute atomic E-state index is 0.156. The predicted octanol–water partition coefficient (Wildman–Crippen LogP) is 2.84. The van der Waals surface area contributed by atoms with Gasteiger partial charge in [0.2, 0.25) is 0 Å². The van der Waals surface area contributed by atoms with Crippen LogP contribution in [0.3, 0.4) is 0 Å².